The fourth-order valence-electron chi connectivity index (χ4n) is 3.98. The molecule has 0 atom stereocenters. The zero-order chi connectivity index (χ0) is 21.4. The molecule has 1 saturated carbocycles. The standard InChI is InChI=1S/C20H25N5O3S3/c26-18(13-29-20-23-22-19(30-20)21-16-5-6-16)24-8-10-25(11-9-24)31(27,28)17-7-4-14-2-1-3-15(14)12-17/h4,7,12,16H,1-3,5-6,8-11,13H2,(H,21,22). The van der Waals surface area contributed by atoms with E-state index in [-0.39, 0.29) is 11.7 Å². The number of hydrogen-bond donors (Lipinski definition) is 1. The monoisotopic (exact) mass is 479 g/mol. The molecule has 0 bridgehead atoms. The van der Waals surface area contributed by atoms with Gasteiger partial charge >= 0.3 is 0 Å². The zero-order valence-corrected chi connectivity index (χ0v) is 19.6. The first kappa shape index (κ1) is 21.2. The third kappa shape index (κ3) is 4.74. The van der Waals surface area contributed by atoms with E-state index >= 15 is 0 Å². The van der Waals surface area contributed by atoms with Gasteiger partial charge in [0.25, 0.3) is 0 Å². The van der Waals surface area contributed by atoms with Gasteiger partial charge < -0.3 is 10.2 Å². The van der Waals surface area contributed by atoms with Gasteiger partial charge in [0.15, 0.2) is 4.34 Å². The van der Waals surface area contributed by atoms with E-state index in [2.05, 4.69) is 15.5 Å². The molecule has 0 radical (unpaired) electrons. The number of anilines is 1. The highest BCUT2D eigenvalue weighted by atomic mass is 32.2. The number of benzene rings is 1. The van der Waals surface area contributed by atoms with Crippen LogP contribution in [0.25, 0.3) is 0 Å². The van der Waals surface area contributed by atoms with E-state index < -0.39 is 10.0 Å². The Hall–Kier alpha value is -1.69. The van der Waals surface area contributed by atoms with E-state index in [4.69, 9.17) is 0 Å². The molecule has 31 heavy (non-hydrogen) atoms. The molecule has 11 heteroatoms. The molecule has 1 aromatic heterocycles. The van der Waals surface area contributed by atoms with Crippen molar-refractivity contribution in [1.29, 1.82) is 0 Å². The first-order valence-corrected chi connectivity index (χ1v) is 13.9. The Morgan fingerprint density at radius 1 is 1.13 bits per heavy atom. The second kappa shape index (κ2) is 8.68. The molecule has 1 saturated heterocycles. The SMILES string of the molecule is O=C(CSc1nnc(NC2CC2)s1)N1CCN(S(=O)(=O)c2ccc3c(c2)CCC3)CC1. The van der Waals surface area contributed by atoms with Crippen LogP contribution in [0.5, 0.6) is 0 Å². The Morgan fingerprint density at radius 3 is 2.68 bits per heavy atom. The molecule has 8 nitrogen and oxygen atoms in total. The molecule has 0 spiro atoms. The smallest absolute Gasteiger partial charge is 0.243 e. The van der Waals surface area contributed by atoms with E-state index in [0.717, 1.165) is 34.3 Å². The van der Waals surface area contributed by atoms with Crippen LogP contribution in [0.4, 0.5) is 5.13 Å². The lowest BCUT2D eigenvalue weighted by molar-refractivity contribution is -0.129. The van der Waals surface area contributed by atoms with Crippen molar-refractivity contribution in [1.82, 2.24) is 19.4 Å². The Kier molecular flexibility index (Phi) is 5.93. The summed E-state index contributed by atoms with van der Waals surface area (Å²) in [6.07, 6.45) is 5.42. The summed E-state index contributed by atoms with van der Waals surface area (Å²) in [6, 6.07) is 6.03. The molecule has 3 aliphatic rings. The molecule has 1 aliphatic heterocycles. The largest absolute Gasteiger partial charge is 0.357 e. The van der Waals surface area contributed by atoms with Crippen LogP contribution in [0.2, 0.25) is 0 Å². The van der Waals surface area contributed by atoms with Crippen molar-refractivity contribution in [2.24, 2.45) is 0 Å². The van der Waals surface area contributed by atoms with Crippen molar-refractivity contribution in [3.8, 4) is 0 Å². The Labute approximate surface area is 190 Å². The third-order valence-electron chi connectivity index (χ3n) is 5.93. The lowest BCUT2D eigenvalue weighted by atomic mass is 10.1. The molecule has 5 rings (SSSR count). The second-order valence-electron chi connectivity index (χ2n) is 8.15. The zero-order valence-electron chi connectivity index (χ0n) is 17.1. The highest BCUT2D eigenvalue weighted by Gasteiger charge is 2.31. The second-order valence-corrected chi connectivity index (χ2v) is 12.3. The summed E-state index contributed by atoms with van der Waals surface area (Å²) in [5.74, 6) is 0.293. The minimum atomic E-state index is -3.52. The van der Waals surface area contributed by atoms with Crippen molar-refractivity contribution in [3.05, 3.63) is 29.3 Å². The number of piperazine rings is 1. The molecular formula is C20H25N5O3S3. The van der Waals surface area contributed by atoms with Gasteiger partial charge in [-0.05, 0) is 55.4 Å². The van der Waals surface area contributed by atoms with E-state index in [1.165, 1.54) is 45.8 Å². The fraction of sp³-hybridized carbons (Fsp3) is 0.550. The number of carbonyl (C=O) groups excluding carboxylic acids is 1. The summed E-state index contributed by atoms with van der Waals surface area (Å²) in [6.45, 7) is 1.47. The summed E-state index contributed by atoms with van der Waals surface area (Å²) in [5.41, 5.74) is 2.41. The van der Waals surface area contributed by atoms with Crippen molar-refractivity contribution in [2.45, 2.75) is 47.4 Å². The molecule has 1 aromatic carbocycles. The van der Waals surface area contributed by atoms with E-state index in [9.17, 15) is 13.2 Å². The van der Waals surface area contributed by atoms with Gasteiger partial charge in [0, 0.05) is 32.2 Å². The average molecular weight is 480 g/mol. The number of nitrogens with zero attached hydrogens (tertiary/aromatic N) is 4. The molecule has 2 heterocycles. The fourth-order valence-corrected chi connectivity index (χ4v) is 7.18. The Balaban J connectivity index is 1.13. The van der Waals surface area contributed by atoms with Crippen LogP contribution in [0.1, 0.15) is 30.4 Å². The number of sulfonamides is 1. The highest BCUT2D eigenvalue weighted by molar-refractivity contribution is 8.01. The molecular weight excluding hydrogens is 454 g/mol. The third-order valence-corrected chi connectivity index (χ3v) is 9.80. The summed E-state index contributed by atoms with van der Waals surface area (Å²) in [5, 5.41) is 12.4. The van der Waals surface area contributed by atoms with Crippen LogP contribution in [-0.2, 0) is 27.7 Å². The van der Waals surface area contributed by atoms with Crippen LogP contribution in [0, 0.1) is 0 Å². The predicted molar refractivity (Wildman–Crippen MR) is 121 cm³/mol. The number of nitrogens with one attached hydrogen (secondary N) is 1. The van der Waals surface area contributed by atoms with E-state index in [1.54, 1.807) is 11.0 Å². The molecule has 0 unspecified atom stereocenters. The molecule has 2 aromatic rings. The van der Waals surface area contributed by atoms with Gasteiger partial charge in [-0.15, -0.1) is 10.2 Å². The molecule has 2 fully saturated rings. The van der Waals surface area contributed by atoms with Crippen molar-refractivity contribution in [2.75, 3.05) is 37.2 Å². The van der Waals surface area contributed by atoms with Crippen molar-refractivity contribution < 1.29 is 13.2 Å². The normalized spacial score (nSPS) is 19.4. The van der Waals surface area contributed by atoms with E-state index in [1.807, 2.05) is 12.1 Å². The van der Waals surface area contributed by atoms with Crippen molar-refractivity contribution in [3.63, 3.8) is 0 Å². The van der Waals surface area contributed by atoms with Gasteiger partial charge in [-0.2, -0.15) is 4.31 Å². The molecule has 1 N–H and O–H groups in total. The molecule has 1 amide bonds. The highest BCUT2D eigenvalue weighted by Crippen LogP contribution is 2.30. The number of thioether (sulfide) groups is 1. The maximum atomic E-state index is 13.1. The number of rotatable bonds is 7. The van der Waals surface area contributed by atoms with Crippen LogP contribution in [0.3, 0.4) is 0 Å². The van der Waals surface area contributed by atoms with Gasteiger partial charge in [-0.3, -0.25) is 4.79 Å². The van der Waals surface area contributed by atoms with Gasteiger partial charge in [0.2, 0.25) is 21.1 Å². The number of hydrogen-bond acceptors (Lipinski definition) is 8. The Morgan fingerprint density at radius 2 is 1.90 bits per heavy atom. The minimum Gasteiger partial charge on any atom is -0.357 e. The van der Waals surface area contributed by atoms with Gasteiger partial charge in [0.05, 0.1) is 10.6 Å². The maximum absolute atomic E-state index is 13.1. The van der Waals surface area contributed by atoms with Crippen LogP contribution in [-0.4, -0.2) is 71.7 Å². The van der Waals surface area contributed by atoms with E-state index in [0.29, 0.717) is 37.1 Å². The topological polar surface area (TPSA) is 95.5 Å². The number of aryl methyl sites for hydroxylation is 2. The Bertz CT molecular complexity index is 1080. The van der Waals surface area contributed by atoms with Crippen molar-refractivity contribution >= 4 is 44.2 Å². The lowest BCUT2D eigenvalue weighted by Gasteiger charge is -2.34. The van der Waals surface area contributed by atoms with Gasteiger partial charge in [0.1, 0.15) is 0 Å². The van der Waals surface area contributed by atoms with Crippen LogP contribution >= 0.6 is 23.1 Å². The average Bonchev–Trinajstić information content (AvgIpc) is 3.27. The number of amides is 1. The number of carbonyl (C=O) groups is 1. The predicted octanol–water partition coefficient (Wildman–Crippen LogP) is 2.23. The first-order chi connectivity index (χ1) is 15.0. The van der Waals surface area contributed by atoms with Crippen LogP contribution < -0.4 is 5.32 Å². The first-order valence-electron chi connectivity index (χ1n) is 10.6. The lowest BCUT2D eigenvalue weighted by Crippen LogP contribution is -2.50. The number of aromatic nitrogens is 2. The summed E-state index contributed by atoms with van der Waals surface area (Å²) in [7, 11) is -3.52. The molecule has 2 aliphatic carbocycles. The summed E-state index contributed by atoms with van der Waals surface area (Å²) >= 11 is 2.86. The minimum absolute atomic E-state index is 0.00600. The summed E-state index contributed by atoms with van der Waals surface area (Å²) < 4.78 is 28.4. The van der Waals surface area contributed by atoms with Crippen LogP contribution in [0.15, 0.2) is 27.4 Å². The maximum Gasteiger partial charge on any atom is 0.243 e. The number of fused-ring (bicyclic) bond motifs is 1. The van der Waals surface area contributed by atoms with Gasteiger partial charge in [-0.1, -0.05) is 29.2 Å². The quantitative estimate of drug-likeness (QED) is 0.609. The van der Waals surface area contributed by atoms with Gasteiger partial charge in [-0.25, -0.2) is 8.42 Å². The summed E-state index contributed by atoms with van der Waals surface area (Å²) in [4.78, 5) is 14.7. The molecule has 166 valence electrons.